The molecule has 1 fully saturated rings. The molecular weight excluding hydrogens is 464 g/mol. The van der Waals surface area contributed by atoms with Gasteiger partial charge >= 0.3 is 6.03 Å². The van der Waals surface area contributed by atoms with E-state index in [-0.39, 0.29) is 31.8 Å². The molecule has 186 valence electrons. The van der Waals surface area contributed by atoms with Gasteiger partial charge in [0.2, 0.25) is 15.9 Å². The van der Waals surface area contributed by atoms with Crippen molar-refractivity contribution in [1.82, 2.24) is 19.6 Å². The number of nitrogens with one attached hydrogen (secondary N) is 1. The predicted octanol–water partition coefficient (Wildman–Crippen LogP) is 1.77. The lowest BCUT2D eigenvalue weighted by Gasteiger charge is -2.22. The highest BCUT2D eigenvalue weighted by molar-refractivity contribution is 7.89. The minimum absolute atomic E-state index is 0.0251. The number of nitrogens with zero attached hydrogens (tertiary/aromatic N) is 3. The molecule has 0 spiro atoms. The molecule has 0 bridgehead atoms. The highest BCUT2D eigenvalue weighted by Crippen LogP contribution is 2.26. The number of hydrogen-bond acceptors (Lipinski definition) is 7. The highest BCUT2D eigenvalue weighted by atomic mass is 32.2. The van der Waals surface area contributed by atoms with Crippen molar-refractivity contribution in [2.75, 3.05) is 26.4 Å². The second kappa shape index (κ2) is 9.72. The van der Waals surface area contributed by atoms with Crippen molar-refractivity contribution in [3.05, 3.63) is 36.1 Å². The molecule has 11 nitrogen and oxygen atoms in total. The van der Waals surface area contributed by atoms with Gasteiger partial charge in [0.15, 0.2) is 0 Å². The third kappa shape index (κ3) is 5.08. The van der Waals surface area contributed by atoms with Gasteiger partial charge in [-0.1, -0.05) is 18.2 Å². The summed E-state index contributed by atoms with van der Waals surface area (Å²) in [4.78, 5) is 39.5. The van der Waals surface area contributed by atoms with E-state index in [2.05, 4.69) is 0 Å². The summed E-state index contributed by atoms with van der Waals surface area (Å²) in [5, 5.41) is 9.95. The van der Waals surface area contributed by atoms with Crippen LogP contribution in [0.3, 0.4) is 0 Å². The predicted molar refractivity (Wildman–Crippen MR) is 123 cm³/mol. The van der Waals surface area contributed by atoms with Crippen LogP contribution in [0.4, 0.5) is 4.79 Å². The number of hydrogen-bond donors (Lipinski definition) is 2. The van der Waals surface area contributed by atoms with E-state index < -0.39 is 39.2 Å². The second-order valence-corrected chi connectivity index (χ2v) is 11.1. The van der Waals surface area contributed by atoms with E-state index in [0.717, 1.165) is 14.6 Å². The average Bonchev–Trinajstić information content (AvgIpc) is 3.26. The van der Waals surface area contributed by atoms with Crippen molar-refractivity contribution in [2.45, 2.75) is 38.8 Å². The van der Waals surface area contributed by atoms with Crippen LogP contribution in [0, 0.1) is 5.92 Å². The molecule has 1 aliphatic rings. The van der Waals surface area contributed by atoms with Crippen molar-refractivity contribution >= 4 is 38.8 Å². The number of amides is 4. The molecule has 34 heavy (non-hydrogen) atoms. The van der Waals surface area contributed by atoms with Crippen LogP contribution < -0.4 is 5.48 Å². The Morgan fingerprint density at radius 2 is 1.94 bits per heavy atom. The molecule has 12 heteroatoms. The van der Waals surface area contributed by atoms with E-state index in [0.29, 0.717) is 11.3 Å². The number of benzene rings is 1. The van der Waals surface area contributed by atoms with Crippen LogP contribution >= 0.6 is 0 Å². The summed E-state index contributed by atoms with van der Waals surface area (Å²) in [6.45, 7) is 3.29. The number of likely N-dealkylation sites (N-methyl/N-ethyl adjacent to an activating group) is 1. The molecule has 1 aromatic carbocycles. The Morgan fingerprint density at radius 3 is 2.53 bits per heavy atom. The zero-order valence-electron chi connectivity index (χ0n) is 19.6. The molecule has 1 atom stereocenters. The monoisotopic (exact) mass is 494 g/mol. The Labute approximate surface area is 198 Å². The lowest BCUT2D eigenvalue weighted by Crippen LogP contribution is -2.41. The molecule has 2 heterocycles. The SMILES string of the molecule is CN1C(=O)N(CCCC(CS(=O)(=O)N(C)Cc2cc3ccccc3o2)C(=O)NO)C(=O)C1(C)C. The van der Waals surface area contributed by atoms with Gasteiger partial charge in [-0.05, 0) is 38.8 Å². The van der Waals surface area contributed by atoms with E-state index in [1.165, 1.54) is 24.5 Å². The zero-order chi connectivity index (χ0) is 25.3. The first-order chi connectivity index (χ1) is 15.9. The Morgan fingerprint density at radius 1 is 1.26 bits per heavy atom. The number of furan rings is 1. The van der Waals surface area contributed by atoms with Gasteiger partial charge in [0.05, 0.1) is 18.2 Å². The number of sulfonamides is 1. The topological polar surface area (TPSA) is 140 Å². The lowest BCUT2D eigenvalue weighted by atomic mass is 10.0. The highest BCUT2D eigenvalue weighted by Gasteiger charge is 2.48. The van der Waals surface area contributed by atoms with Gasteiger partial charge in [-0.25, -0.2) is 18.7 Å². The molecule has 2 aromatic rings. The minimum Gasteiger partial charge on any atom is -0.460 e. The van der Waals surface area contributed by atoms with E-state index in [9.17, 15) is 22.8 Å². The van der Waals surface area contributed by atoms with Crippen LogP contribution in [0.5, 0.6) is 0 Å². The smallest absolute Gasteiger partial charge is 0.327 e. The number of rotatable bonds is 10. The van der Waals surface area contributed by atoms with Gasteiger partial charge < -0.3 is 9.32 Å². The average molecular weight is 495 g/mol. The molecule has 0 saturated carbocycles. The summed E-state index contributed by atoms with van der Waals surface area (Å²) in [5.74, 6) is -2.39. The molecular formula is C22H30N4O7S. The quantitative estimate of drug-likeness (QED) is 0.291. The van der Waals surface area contributed by atoms with Crippen LogP contribution in [-0.4, -0.2) is 77.5 Å². The van der Waals surface area contributed by atoms with Crippen LogP contribution in [0.25, 0.3) is 11.0 Å². The van der Waals surface area contributed by atoms with E-state index in [4.69, 9.17) is 9.62 Å². The third-order valence-corrected chi connectivity index (χ3v) is 8.18. The Hall–Kier alpha value is -2.96. The summed E-state index contributed by atoms with van der Waals surface area (Å²) in [6.07, 6.45) is 0.244. The normalized spacial score (nSPS) is 17.1. The Kier molecular flexibility index (Phi) is 7.34. The number of hydroxylamine groups is 1. The number of carbonyl (C=O) groups is 3. The van der Waals surface area contributed by atoms with Gasteiger partial charge in [0, 0.05) is 26.0 Å². The number of fused-ring (bicyclic) bond motifs is 1. The molecule has 0 radical (unpaired) electrons. The lowest BCUT2D eigenvalue weighted by molar-refractivity contribution is -0.133. The largest absolute Gasteiger partial charge is 0.460 e. The zero-order valence-corrected chi connectivity index (χ0v) is 20.5. The van der Waals surface area contributed by atoms with Crippen LogP contribution in [0.2, 0.25) is 0 Å². The Bertz CT molecular complexity index is 1160. The summed E-state index contributed by atoms with van der Waals surface area (Å²) in [5.41, 5.74) is 1.18. The maximum atomic E-state index is 12.9. The summed E-state index contributed by atoms with van der Waals surface area (Å²) in [7, 11) is -0.984. The van der Waals surface area contributed by atoms with Gasteiger partial charge in [-0.3, -0.25) is 19.7 Å². The van der Waals surface area contributed by atoms with E-state index in [1.807, 2.05) is 18.2 Å². The first kappa shape index (κ1) is 25.7. The van der Waals surface area contributed by atoms with Crippen molar-refractivity contribution in [3.8, 4) is 0 Å². The van der Waals surface area contributed by atoms with Gasteiger partial charge in [-0.15, -0.1) is 0 Å². The molecule has 4 amide bonds. The van der Waals surface area contributed by atoms with E-state index in [1.54, 1.807) is 26.0 Å². The standard InChI is InChI=1S/C22H30N4O7S/c1-22(2)20(28)26(21(29)25(22)4)11-7-9-16(19(27)23-30)14-34(31,32)24(3)13-17-12-15-8-5-6-10-18(15)33-17/h5-6,8,10,12,16,30H,7,9,11,13-14H2,1-4H3,(H,23,27). The van der Waals surface area contributed by atoms with Crippen LogP contribution in [-0.2, 0) is 26.2 Å². The molecule has 1 unspecified atom stereocenters. The summed E-state index contributed by atoms with van der Waals surface area (Å²) in [6, 6.07) is 8.61. The van der Waals surface area contributed by atoms with Crippen LogP contribution in [0.15, 0.2) is 34.7 Å². The van der Waals surface area contributed by atoms with Gasteiger partial charge in [-0.2, -0.15) is 4.31 Å². The van der Waals surface area contributed by atoms with Crippen LogP contribution in [0.1, 0.15) is 32.4 Å². The molecule has 3 rings (SSSR count). The van der Waals surface area contributed by atoms with Crippen molar-refractivity contribution < 1.29 is 32.4 Å². The van der Waals surface area contributed by atoms with Gasteiger partial charge in [0.1, 0.15) is 16.9 Å². The third-order valence-electron chi connectivity index (χ3n) is 6.28. The fourth-order valence-corrected chi connectivity index (χ4v) is 5.27. The fourth-order valence-electron chi connectivity index (χ4n) is 3.87. The molecule has 1 aliphatic heterocycles. The van der Waals surface area contributed by atoms with Crippen molar-refractivity contribution in [2.24, 2.45) is 5.92 Å². The first-order valence-corrected chi connectivity index (χ1v) is 12.4. The number of imide groups is 1. The van der Waals surface area contributed by atoms with E-state index >= 15 is 0 Å². The molecule has 0 aliphatic carbocycles. The molecule has 1 saturated heterocycles. The van der Waals surface area contributed by atoms with Crippen molar-refractivity contribution in [3.63, 3.8) is 0 Å². The summed E-state index contributed by atoms with van der Waals surface area (Å²) >= 11 is 0. The summed E-state index contributed by atoms with van der Waals surface area (Å²) < 4.78 is 32.6. The number of carbonyl (C=O) groups excluding carboxylic acids is 3. The maximum absolute atomic E-state index is 12.9. The number of urea groups is 1. The number of para-hydroxylation sites is 1. The fraction of sp³-hybridized carbons (Fsp3) is 0.500. The molecule has 2 N–H and O–H groups in total. The molecule has 1 aromatic heterocycles. The van der Waals surface area contributed by atoms with Crippen molar-refractivity contribution in [1.29, 1.82) is 0 Å². The minimum atomic E-state index is -3.90. The first-order valence-electron chi connectivity index (χ1n) is 10.8. The maximum Gasteiger partial charge on any atom is 0.327 e. The van der Waals surface area contributed by atoms with Gasteiger partial charge in [0.25, 0.3) is 5.91 Å². The Balaban J connectivity index is 1.63. The second-order valence-electron chi connectivity index (χ2n) is 8.96.